The van der Waals surface area contributed by atoms with E-state index < -0.39 is 0 Å². The van der Waals surface area contributed by atoms with Gasteiger partial charge in [-0.25, -0.2) is 0 Å². The molecule has 2 atom stereocenters. The molecular weight excluding hydrogens is 120 g/mol. The summed E-state index contributed by atoms with van der Waals surface area (Å²) >= 11 is 0. The number of hydrogen-bond acceptors (Lipinski definition) is 0. The summed E-state index contributed by atoms with van der Waals surface area (Å²) < 4.78 is 0. The Labute approximate surface area is 62.9 Å². The van der Waals surface area contributed by atoms with E-state index in [1.165, 1.54) is 12.8 Å². The van der Waals surface area contributed by atoms with Gasteiger partial charge in [0, 0.05) is 0 Å². The number of allylic oxidation sites excluding steroid dienone is 4. The largest absolute Gasteiger partial charge is 0.102 e. The molecule has 1 rings (SSSR count). The van der Waals surface area contributed by atoms with Crippen LogP contribution in [0.15, 0.2) is 37.5 Å². The molecule has 1 aliphatic rings. The topological polar surface area (TPSA) is 0 Å². The molecule has 0 spiro atoms. The van der Waals surface area contributed by atoms with Gasteiger partial charge in [-0.1, -0.05) is 24.3 Å². The molecule has 1 aliphatic carbocycles. The van der Waals surface area contributed by atoms with Gasteiger partial charge in [-0.2, -0.15) is 0 Å². The van der Waals surface area contributed by atoms with Crippen LogP contribution in [0.4, 0.5) is 0 Å². The van der Waals surface area contributed by atoms with Crippen LogP contribution in [0, 0.1) is 11.8 Å². The van der Waals surface area contributed by atoms with Crippen molar-refractivity contribution in [2.24, 2.45) is 11.8 Å². The van der Waals surface area contributed by atoms with Crippen LogP contribution in [0.25, 0.3) is 0 Å². The summed E-state index contributed by atoms with van der Waals surface area (Å²) in [5, 5.41) is 0. The molecule has 0 amide bonds. The van der Waals surface area contributed by atoms with Crippen molar-refractivity contribution in [1.29, 1.82) is 0 Å². The minimum absolute atomic E-state index is 0.608. The Morgan fingerprint density at radius 2 is 1.40 bits per heavy atom. The molecular formula is C10H14. The second-order valence-corrected chi connectivity index (χ2v) is 2.76. The molecule has 2 unspecified atom stereocenters. The second kappa shape index (κ2) is 3.40. The summed E-state index contributed by atoms with van der Waals surface area (Å²) in [5.74, 6) is 1.22. The molecule has 54 valence electrons. The summed E-state index contributed by atoms with van der Waals surface area (Å²) in [4.78, 5) is 0. The van der Waals surface area contributed by atoms with Crippen molar-refractivity contribution in [2.75, 3.05) is 0 Å². The van der Waals surface area contributed by atoms with E-state index in [1.54, 1.807) is 0 Å². The van der Waals surface area contributed by atoms with Crippen molar-refractivity contribution in [3.05, 3.63) is 37.5 Å². The maximum atomic E-state index is 3.76. The first-order valence-electron chi connectivity index (χ1n) is 3.80. The summed E-state index contributed by atoms with van der Waals surface area (Å²) in [5.41, 5.74) is 0. The maximum Gasteiger partial charge on any atom is -0.00556 e. The highest BCUT2D eigenvalue weighted by Gasteiger charge is 2.09. The van der Waals surface area contributed by atoms with Crippen molar-refractivity contribution < 1.29 is 0 Å². The van der Waals surface area contributed by atoms with Crippen LogP contribution in [0.2, 0.25) is 0 Å². The molecule has 0 aliphatic heterocycles. The zero-order chi connectivity index (χ0) is 7.40. The molecule has 0 saturated heterocycles. The zero-order valence-electron chi connectivity index (χ0n) is 6.29. The molecule has 0 N–H and O–H groups in total. The van der Waals surface area contributed by atoms with Crippen molar-refractivity contribution in [3.8, 4) is 0 Å². The van der Waals surface area contributed by atoms with Crippen molar-refractivity contribution in [2.45, 2.75) is 12.8 Å². The molecule has 0 fully saturated rings. The first kappa shape index (κ1) is 7.33. The van der Waals surface area contributed by atoms with E-state index in [0.29, 0.717) is 11.8 Å². The summed E-state index contributed by atoms with van der Waals surface area (Å²) in [6, 6.07) is 0. The lowest BCUT2D eigenvalue weighted by molar-refractivity contribution is 0.564. The van der Waals surface area contributed by atoms with E-state index in [0.717, 1.165) is 0 Å². The number of hydrogen-bond donors (Lipinski definition) is 0. The third-order valence-corrected chi connectivity index (χ3v) is 2.04. The number of rotatable bonds is 2. The maximum absolute atomic E-state index is 3.76. The first-order chi connectivity index (χ1) is 4.86. The lowest BCUT2D eigenvalue weighted by Crippen LogP contribution is -2.03. The van der Waals surface area contributed by atoms with Crippen LogP contribution in [0.5, 0.6) is 0 Å². The van der Waals surface area contributed by atoms with E-state index in [9.17, 15) is 0 Å². The molecule has 0 bridgehead atoms. The van der Waals surface area contributed by atoms with Crippen LogP contribution in [0.1, 0.15) is 12.8 Å². The average Bonchev–Trinajstić information content (AvgIpc) is 2.05. The molecule has 0 radical (unpaired) electrons. The fourth-order valence-corrected chi connectivity index (χ4v) is 1.26. The van der Waals surface area contributed by atoms with E-state index in [2.05, 4.69) is 25.3 Å². The smallest absolute Gasteiger partial charge is 0.00556 e. The van der Waals surface area contributed by atoms with Gasteiger partial charge in [0.05, 0.1) is 0 Å². The monoisotopic (exact) mass is 134 g/mol. The van der Waals surface area contributed by atoms with E-state index >= 15 is 0 Å². The standard InChI is InChI=1S/C10H14/c1-3-9-5-7-10(4-2)8-6-9/h3-5,7,9-10H,1-2,6,8H2. The SMILES string of the molecule is C=CC1C=CC(C=C)CC1. The van der Waals surface area contributed by atoms with Crippen molar-refractivity contribution >= 4 is 0 Å². The lowest BCUT2D eigenvalue weighted by Gasteiger charge is -2.16. The fourth-order valence-electron chi connectivity index (χ4n) is 1.26. The van der Waals surface area contributed by atoms with Crippen molar-refractivity contribution in [3.63, 3.8) is 0 Å². The average molecular weight is 134 g/mol. The van der Waals surface area contributed by atoms with Gasteiger partial charge < -0.3 is 0 Å². The van der Waals surface area contributed by atoms with Gasteiger partial charge in [0.25, 0.3) is 0 Å². The van der Waals surface area contributed by atoms with Gasteiger partial charge >= 0.3 is 0 Å². The molecule has 0 aromatic heterocycles. The normalized spacial score (nSPS) is 31.6. The minimum atomic E-state index is 0.608. The predicted octanol–water partition coefficient (Wildman–Crippen LogP) is 2.94. The Balaban J connectivity index is 2.51. The zero-order valence-corrected chi connectivity index (χ0v) is 6.29. The van der Waals surface area contributed by atoms with Crippen LogP contribution in [-0.4, -0.2) is 0 Å². The Hall–Kier alpha value is -0.780. The quantitative estimate of drug-likeness (QED) is 0.509. The van der Waals surface area contributed by atoms with Gasteiger partial charge in [-0.05, 0) is 24.7 Å². The highest BCUT2D eigenvalue weighted by molar-refractivity contribution is 5.07. The fraction of sp³-hybridized carbons (Fsp3) is 0.400. The van der Waals surface area contributed by atoms with E-state index in [-0.39, 0.29) is 0 Å². The second-order valence-electron chi connectivity index (χ2n) is 2.76. The van der Waals surface area contributed by atoms with Crippen LogP contribution < -0.4 is 0 Å². The summed E-state index contributed by atoms with van der Waals surface area (Å²) in [6.07, 6.45) is 10.9. The minimum Gasteiger partial charge on any atom is -0.102 e. The Morgan fingerprint density at radius 3 is 1.60 bits per heavy atom. The molecule has 0 aromatic carbocycles. The third kappa shape index (κ3) is 1.60. The predicted molar refractivity (Wildman–Crippen MR) is 45.7 cm³/mol. The van der Waals surface area contributed by atoms with Crippen LogP contribution >= 0.6 is 0 Å². The summed E-state index contributed by atoms with van der Waals surface area (Å²) in [6.45, 7) is 7.52. The Bertz CT molecular complexity index is 135. The van der Waals surface area contributed by atoms with Gasteiger partial charge in [-0.3, -0.25) is 0 Å². The summed E-state index contributed by atoms with van der Waals surface area (Å²) in [7, 11) is 0. The van der Waals surface area contributed by atoms with Crippen LogP contribution in [-0.2, 0) is 0 Å². The van der Waals surface area contributed by atoms with Gasteiger partial charge in [-0.15, -0.1) is 13.2 Å². The van der Waals surface area contributed by atoms with E-state index in [1.807, 2.05) is 12.2 Å². The molecule has 0 nitrogen and oxygen atoms in total. The Kier molecular flexibility index (Phi) is 2.49. The van der Waals surface area contributed by atoms with Gasteiger partial charge in [0.2, 0.25) is 0 Å². The van der Waals surface area contributed by atoms with Gasteiger partial charge in [0.1, 0.15) is 0 Å². The van der Waals surface area contributed by atoms with Crippen molar-refractivity contribution in [1.82, 2.24) is 0 Å². The van der Waals surface area contributed by atoms with Crippen LogP contribution in [0.3, 0.4) is 0 Å². The molecule has 0 saturated carbocycles. The molecule has 0 heteroatoms. The molecule has 0 aromatic rings. The van der Waals surface area contributed by atoms with E-state index in [4.69, 9.17) is 0 Å². The third-order valence-electron chi connectivity index (χ3n) is 2.04. The molecule has 10 heavy (non-hydrogen) atoms. The first-order valence-corrected chi connectivity index (χ1v) is 3.80. The highest BCUT2D eigenvalue weighted by Crippen LogP contribution is 2.22. The lowest BCUT2D eigenvalue weighted by atomic mass is 9.89. The molecule has 0 heterocycles. The Morgan fingerprint density at radius 1 is 1.00 bits per heavy atom. The van der Waals surface area contributed by atoms with Gasteiger partial charge in [0.15, 0.2) is 0 Å². The highest BCUT2D eigenvalue weighted by atomic mass is 14.1.